The van der Waals surface area contributed by atoms with Crippen LogP contribution in [0.25, 0.3) is 0 Å². The second kappa shape index (κ2) is 4.62. The number of anilines is 1. The van der Waals surface area contributed by atoms with Crippen LogP contribution >= 0.6 is 0 Å². The molecule has 1 heterocycles. The maximum Gasteiger partial charge on any atom is 0.276 e. The van der Waals surface area contributed by atoms with Gasteiger partial charge in [-0.1, -0.05) is 46.8 Å². The van der Waals surface area contributed by atoms with Crippen LogP contribution in [0.4, 0.5) is 5.69 Å². The molecule has 0 spiro atoms. The number of hydroxylamine groups is 1. The van der Waals surface area contributed by atoms with Crippen molar-refractivity contribution in [1.29, 1.82) is 0 Å². The molecule has 1 aromatic carbocycles. The molecule has 1 aliphatic heterocycles. The van der Waals surface area contributed by atoms with Gasteiger partial charge in [-0.2, -0.15) is 5.48 Å². The summed E-state index contributed by atoms with van der Waals surface area (Å²) in [7, 11) is 0. The fourth-order valence-electron chi connectivity index (χ4n) is 1.96. The van der Waals surface area contributed by atoms with Gasteiger partial charge in [0.15, 0.2) is 0 Å². The first-order chi connectivity index (χ1) is 8.76. The van der Waals surface area contributed by atoms with Gasteiger partial charge in [-0.3, -0.25) is 9.63 Å². The number of carbonyl (C=O) groups excluding carboxylic acids is 1. The van der Waals surface area contributed by atoms with Crippen molar-refractivity contribution in [3.05, 3.63) is 29.8 Å². The fraction of sp³-hybridized carbons (Fsp3) is 0.533. The summed E-state index contributed by atoms with van der Waals surface area (Å²) >= 11 is 0. The lowest BCUT2D eigenvalue weighted by atomic mass is 9.84. The van der Waals surface area contributed by atoms with E-state index in [0.717, 1.165) is 5.69 Å². The molecular formula is C15H22N2O2. The average Bonchev–Trinajstić information content (AvgIpc) is 3.09. The van der Waals surface area contributed by atoms with Crippen LogP contribution in [0.5, 0.6) is 0 Å². The summed E-state index contributed by atoms with van der Waals surface area (Å²) in [5, 5.41) is 2.89. The van der Waals surface area contributed by atoms with Crippen LogP contribution in [0.2, 0.25) is 0 Å². The highest BCUT2D eigenvalue weighted by atomic mass is 16.8. The topological polar surface area (TPSA) is 63.6 Å². The van der Waals surface area contributed by atoms with Crippen molar-refractivity contribution in [2.24, 2.45) is 5.41 Å². The number of nitrogens with one attached hydrogen (secondary N) is 2. The molecule has 2 N–H and O–H groups in total. The summed E-state index contributed by atoms with van der Waals surface area (Å²) in [6.07, 6.45) is 0. The standard InChI is InChI=1S/C15H22N2O2/c1-10(2)11-6-8-12(9-7-11)16-13(18)15(17-19-15)14(3,4)5/h6-10,17H,1-5H3,(H,16,18). The van der Waals surface area contributed by atoms with Crippen LogP contribution in [-0.2, 0) is 9.63 Å². The van der Waals surface area contributed by atoms with E-state index in [0.29, 0.717) is 5.92 Å². The number of amides is 1. The van der Waals surface area contributed by atoms with E-state index >= 15 is 0 Å². The van der Waals surface area contributed by atoms with Gasteiger partial charge in [0.05, 0.1) is 0 Å². The quantitative estimate of drug-likeness (QED) is 0.823. The van der Waals surface area contributed by atoms with Gasteiger partial charge in [-0.05, 0) is 23.6 Å². The van der Waals surface area contributed by atoms with E-state index in [-0.39, 0.29) is 11.3 Å². The Morgan fingerprint density at radius 1 is 1.26 bits per heavy atom. The molecule has 19 heavy (non-hydrogen) atoms. The van der Waals surface area contributed by atoms with Gasteiger partial charge in [0.1, 0.15) is 0 Å². The lowest BCUT2D eigenvalue weighted by molar-refractivity contribution is -0.124. The highest BCUT2D eigenvalue weighted by molar-refractivity contribution is 5.98. The summed E-state index contributed by atoms with van der Waals surface area (Å²) in [5.41, 5.74) is 3.56. The molecule has 0 radical (unpaired) electrons. The zero-order valence-corrected chi connectivity index (χ0v) is 12.2. The Morgan fingerprint density at radius 3 is 2.16 bits per heavy atom. The highest BCUT2D eigenvalue weighted by Gasteiger charge is 2.61. The van der Waals surface area contributed by atoms with Crippen molar-refractivity contribution < 1.29 is 9.63 Å². The first-order valence-corrected chi connectivity index (χ1v) is 6.63. The SMILES string of the molecule is CC(C)c1ccc(NC(=O)C2(C(C)(C)C)NO2)cc1. The average molecular weight is 262 g/mol. The van der Waals surface area contributed by atoms with Crippen LogP contribution in [0, 0.1) is 5.41 Å². The molecule has 1 atom stereocenters. The molecule has 2 rings (SSSR count). The molecule has 4 nitrogen and oxygen atoms in total. The van der Waals surface area contributed by atoms with Crippen LogP contribution < -0.4 is 10.8 Å². The maximum atomic E-state index is 12.3. The van der Waals surface area contributed by atoms with Crippen molar-refractivity contribution in [2.75, 3.05) is 5.32 Å². The van der Waals surface area contributed by atoms with E-state index in [2.05, 4.69) is 24.6 Å². The molecule has 1 aromatic rings. The Kier molecular flexibility index (Phi) is 3.41. The van der Waals surface area contributed by atoms with Gasteiger partial charge < -0.3 is 5.32 Å². The minimum Gasteiger partial charge on any atom is -0.322 e. The van der Waals surface area contributed by atoms with Crippen molar-refractivity contribution in [2.45, 2.75) is 46.3 Å². The Bertz CT molecular complexity index is 468. The third kappa shape index (κ3) is 2.65. The number of hydrogen-bond donors (Lipinski definition) is 2. The first kappa shape index (κ1) is 14.0. The molecule has 1 amide bonds. The smallest absolute Gasteiger partial charge is 0.276 e. The van der Waals surface area contributed by atoms with Crippen LogP contribution in [0.15, 0.2) is 24.3 Å². The Balaban J connectivity index is 2.08. The molecule has 0 aliphatic carbocycles. The lowest BCUT2D eigenvalue weighted by Gasteiger charge is -2.24. The van der Waals surface area contributed by atoms with Gasteiger partial charge in [-0.15, -0.1) is 0 Å². The Morgan fingerprint density at radius 2 is 1.79 bits per heavy atom. The predicted molar refractivity (Wildman–Crippen MR) is 75.6 cm³/mol. The molecule has 4 heteroatoms. The molecule has 0 aromatic heterocycles. The molecule has 1 unspecified atom stereocenters. The molecule has 0 saturated carbocycles. The predicted octanol–water partition coefficient (Wildman–Crippen LogP) is 3.03. The molecule has 104 valence electrons. The zero-order chi connectivity index (χ0) is 14.3. The largest absolute Gasteiger partial charge is 0.322 e. The minimum atomic E-state index is -0.913. The van der Waals surface area contributed by atoms with Crippen molar-refractivity contribution in [3.63, 3.8) is 0 Å². The summed E-state index contributed by atoms with van der Waals surface area (Å²) in [6, 6.07) is 7.91. The van der Waals surface area contributed by atoms with Gasteiger partial charge in [0.2, 0.25) is 5.72 Å². The maximum absolute atomic E-state index is 12.3. The van der Waals surface area contributed by atoms with Gasteiger partial charge >= 0.3 is 0 Å². The fourth-order valence-corrected chi connectivity index (χ4v) is 1.96. The molecule has 1 saturated heterocycles. The van der Waals surface area contributed by atoms with Crippen molar-refractivity contribution in [3.8, 4) is 0 Å². The van der Waals surface area contributed by atoms with Gasteiger partial charge in [0, 0.05) is 11.1 Å². The normalized spacial score (nSPS) is 22.4. The molecule has 1 aliphatic rings. The minimum absolute atomic E-state index is 0.155. The zero-order valence-electron chi connectivity index (χ0n) is 12.2. The summed E-state index contributed by atoms with van der Waals surface area (Å²) in [4.78, 5) is 17.5. The van der Waals surface area contributed by atoms with E-state index in [4.69, 9.17) is 4.84 Å². The number of benzene rings is 1. The number of rotatable bonds is 3. The summed E-state index contributed by atoms with van der Waals surface area (Å²) < 4.78 is 0. The van der Waals surface area contributed by atoms with Gasteiger partial charge in [0.25, 0.3) is 5.91 Å². The number of hydrogen-bond acceptors (Lipinski definition) is 3. The molecular weight excluding hydrogens is 240 g/mol. The van der Waals surface area contributed by atoms with Crippen LogP contribution in [0.3, 0.4) is 0 Å². The van der Waals surface area contributed by atoms with Crippen LogP contribution in [0.1, 0.15) is 46.1 Å². The third-order valence-electron chi connectivity index (χ3n) is 3.52. The van der Waals surface area contributed by atoms with E-state index in [1.165, 1.54) is 5.56 Å². The molecule has 0 bridgehead atoms. The van der Waals surface area contributed by atoms with Gasteiger partial charge in [-0.25, -0.2) is 0 Å². The number of carbonyl (C=O) groups is 1. The summed E-state index contributed by atoms with van der Waals surface area (Å²) in [5.74, 6) is 0.330. The Labute approximate surface area is 114 Å². The van der Waals surface area contributed by atoms with Crippen LogP contribution in [-0.4, -0.2) is 11.6 Å². The second-order valence-corrected chi connectivity index (χ2v) is 6.37. The monoisotopic (exact) mass is 262 g/mol. The highest BCUT2D eigenvalue weighted by Crippen LogP contribution is 2.40. The lowest BCUT2D eigenvalue weighted by Crippen LogP contribution is -2.44. The van der Waals surface area contributed by atoms with E-state index in [1.807, 2.05) is 45.0 Å². The third-order valence-corrected chi connectivity index (χ3v) is 3.52. The van der Waals surface area contributed by atoms with E-state index < -0.39 is 5.72 Å². The Hall–Kier alpha value is -1.39. The van der Waals surface area contributed by atoms with E-state index in [1.54, 1.807) is 0 Å². The van der Waals surface area contributed by atoms with E-state index in [9.17, 15) is 4.79 Å². The first-order valence-electron chi connectivity index (χ1n) is 6.63. The summed E-state index contributed by atoms with van der Waals surface area (Å²) in [6.45, 7) is 10.2. The van der Waals surface area contributed by atoms with Crippen molar-refractivity contribution in [1.82, 2.24) is 5.48 Å². The van der Waals surface area contributed by atoms with Crippen molar-refractivity contribution >= 4 is 11.6 Å². The second-order valence-electron chi connectivity index (χ2n) is 6.37. The molecule has 1 fully saturated rings.